The first-order valence-corrected chi connectivity index (χ1v) is 7.68. The van der Waals surface area contributed by atoms with Gasteiger partial charge in [-0.3, -0.25) is 20.8 Å². The van der Waals surface area contributed by atoms with Crippen LogP contribution in [0.4, 0.5) is 5.69 Å². The molecule has 0 heterocycles. The van der Waals surface area contributed by atoms with E-state index in [1.165, 1.54) is 12.1 Å². The Morgan fingerprint density at radius 3 is 2.09 bits per heavy atom. The topological polar surface area (TPSA) is 128 Å². The number of hydrogen-bond donors (Lipinski definition) is 5. The standard InChI is InChI=1S/C7H10N4.C7H8O3S/c8-7(9)11-10-6-4-2-1-3-5-6;1-6-2-4-7(5-3-6)11(8,9)10/h1-5,10H,(H4,8,9,11);2-5H,1H3,(H,8,9,10). The first-order chi connectivity index (χ1) is 10.3. The fourth-order valence-corrected chi connectivity index (χ4v) is 1.85. The molecule has 118 valence electrons. The fourth-order valence-electron chi connectivity index (χ4n) is 1.37. The zero-order chi connectivity index (χ0) is 16.6. The maximum Gasteiger partial charge on any atom is 0.294 e. The molecule has 0 radical (unpaired) electrons. The van der Waals surface area contributed by atoms with E-state index in [1.807, 2.05) is 37.3 Å². The van der Waals surface area contributed by atoms with Gasteiger partial charge in [0.05, 0.1) is 10.6 Å². The van der Waals surface area contributed by atoms with E-state index >= 15 is 0 Å². The van der Waals surface area contributed by atoms with E-state index in [0.29, 0.717) is 0 Å². The second-order valence-electron chi connectivity index (χ2n) is 4.32. The molecule has 2 rings (SSSR count). The highest BCUT2D eigenvalue weighted by atomic mass is 32.2. The minimum atomic E-state index is -4.02. The number of benzene rings is 2. The lowest BCUT2D eigenvalue weighted by Gasteiger charge is -2.05. The quantitative estimate of drug-likeness (QED) is 0.253. The third-order valence-corrected chi connectivity index (χ3v) is 3.30. The van der Waals surface area contributed by atoms with E-state index < -0.39 is 10.1 Å². The van der Waals surface area contributed by atoms with Gasteiger partial charge in [-0.2, -0.15) is 8.42 Å². The molecule has 2 aromatic carbocycles. The molecule has 0 aliphatic rings. The second-order valence-corrected chi connectivity index (χ2v) is 5.74. The Morgan fingerprint density at radius 1 is 1.09 bits per heavy atom. The molecule has 0 aliphatic heterocycles. The van der Waals surface area contributed by atoms with Gasteiger partial charge in [-0.05, 0) is 31.2 Å². The summed E-state index contributed by atoms with van der Waals surface area (Å²) in [4.78, 5) is -0.0666. The van der Waals surface area contributed by atoms with Crippen molar-refractivity contribution in [3.63, 3.8) is 0 Å². The molecule has 2 aromatic rings. The molecular weight excluding hydrogens is 304 g/mol. The van der Waals surface area contributed by atoms with Crippen LogP contribution in [0.25, 0.3) is 0 Å². The van der Waals surface area contributed by atoms with Crippen molar-refractivity contribution in [3.8, 4) is 0 Å². The molecule has 8 heteroatoms. The van der Waals surface area contributed by atoms with Crippen LogP contribution in [-0.4, -0.2) is 18.9 Å². The summed E-state index contributed by atoms with van der Waals surface area (Å²) >= 11 is 0. The molecule has 22 heavy (non-hydrogen) atoms. The normalized spacial score (nSPS) is 10.1. The average Bonchev–Trinajstić information content (AvgIpc) is 2.46. The third-order valence-electron chi connectivity index (χ3n) is 2.43. The van der Waals surface area contributed by atoms with Crippen molar-refractivity contribution >= 4 is 21.8 Å². The molecule has 0 atom stereocenters. The smallest absolute Gasteiger partial charge is 0.294 e. The lowest BCUT2D eigenvalue weighted by molar-refractivity contribution is 0.483. The summed E-state index contributed by atoms with van der Waals surface area (Å²) in [5, 5.41) is 6.85. The summed E-state index contributed by atoms with van der Waals surface area (Å²) < 4.78 is 29.6. The van der Waals surface area contributed by atoms with Crippen LogP contribution >= 0.6 is 0 Å². The number of aryl methyl sites for hydroxylation is 1. The van der Waals surface area contributed by atoms with Crippen LogP contribution in [0.15, 0.2) is 59.5 Å². The maximum atomic E-state index is 10.5. The SMILES string of the molecule is Cc1ccc(S(=O)(=O)O)cc1.N=C(N)NNc1ccccc1. The number of nitrogens with two attached hydrogens (primary N) is 1. The predicted molar refractivity (Wildman–Crippen MR) is 86.1 cm³/mol. The Morgan fingerprint density at radius 2 is 1.64 bits per heavy atom. The van der Waals surface area contributed by atoms with Crippen molar-refractivity contribution in [1.29, 1.82) is 5.41 Å². The van der Waals surface area contributed by atoms with E-state index in [1.54, 1.807) is 12.1 Å². The van der Waals surface area contributed by atoms with Crippen molar-refractivity contribution in [2.75, 3.05) is 5.43 Å². The number of para-hydroxylation sites is 1. The number of anilines is 1. The van der Waals surface area contributed by atoms with E-state index in [4.69, 9.17) is 15.7 Å². The summed E-state index contributed by atoms with van der Waals surface area (Å²) in [6.45, 7) is 1.84. The molecule has 0 spiro atoms. The highest BCUT2D eigenvalue weighted by molar-refractivity contribution is 7.85. The van der Waals surface area contributed by atoms with E-state index in [0.717, 1.165) is 11.3 Å². The molecule has 0 aliphatic carbocycles. The lowest BCUT2D eigenvalue weighted by atomic mass is 10.2. The average molecular weight is 322 g/mol. The van der Waals surface area contributed by atoms with Gasteiger partial charge in [0.25, 0.3) is 10.1 Å². The number of nitrogens with one attached hydrogen (secondary N) is 3. The summed E-state index contributed by atoms with van der Waals surface area (Å²) in [6, 6.07) is 15.4. The Kier molecular flexibility index (Phi) is 6.36. The van der Waals surface area contributed by atoms with Gasteiger partial charge < -0.3 is 5.73 Å². The number of rotatable bonds is 3. The molecule has 6 N–H and O–H groups in total. The van der Waals surface area contributed by atoms with Gasteiger partial charge >= 0.3 is 0 Å². The molecule has 0 saturated heterocycles. The van der Waals surface area contributed by atoms with Crippen LogP contribution in [0.5, 0.6) is 0 Å². The zero-order valence-corrected chi connectivity index (χ0v) is 12.8. The summed E-state index contributed by atoms with van der Waals surface area (Å²) in [5.74, 6) is -0.103. The van der Waals surface area contributed by atoms with Crippen LogP contribution < -0.4 is 16.6 Å². The van der Waals surface area contributed by atoms with Gasteiger partial charge in [-0.25, -0.2) is 0 Å². The lowest BCUT2D eigenvalue weighted by Crippen LogP contribution is -2.34. The largest absolute Gasteiger partial charge is 0.369 e. The maximum absolute atomic E-state index is 10.5. The monoisotopic (exact) mass is 322 g/mol. The van der Waals surface area contributed by atoms with Gasteiger partial charge in [-0.1, -0.05) is 35.9 Å². The summed E-state index contributed by atoms with van der Waals surface area (Å²) in [6.07, 6.45) is 0. The zero-order valence-electron chi connectivity index (χ0n) is 11.9. The van der Waals surface area contributed by atoms with Crippen molar-refractivity contribution in [1.82, 2.24) is 5.43 Å². The molecule has 0 fully saturated rings. The van der Waals surface area contributed by atoms with Crippen LogP contribution in [0, 0.1) is 12.3 Å². The van der Waals surface area contributed by atoms with Crippen LogP contribution in [0.2, 0.25) is 0 Å². The number of hydrogen-bond acceptors (Lipinski definition) is 4. The number of hydrazine groups is 1. The van der Waals surface area contributed by atoms with Gasteiger partial charge in [0.15, 0.2) is 0 Å². The highest BCUT2D eigenvalue weighted by Gasteiger charge is 2.06. The van der Waals surface area contributed by atoms with Gasteiger partial charge in [0.1, 0.15) is 0 Å². The fraction of sp³-hybridized carbons (Fsp3) is 0.0714. The van der Waals surface area contributed by atoms with Gasteiger partial charge in [0, 0.05) is 0 Å². The molecule has 0 unspecified atom stereocenters. The van der Waals surface area contributed by atoms with Crippen LogP contribution in [0.1, 0.15) is 5.56 Å². The van der Waals surface area contributed by atoms with Crippen molar-refractivity contribution in [3.05, 3.63) is 60.2 Å². The molecule has 7 nitrogen and oxygen atoms in total. The second kappa shape index (κ2) is 8.01. The minimum Gasteiger partial charge on any atom is -0.369 e. The summed E-state index contributed by atoms with van der Waals surface area (Å²) in [7, 11) is -4.02. The first-order valence-electron chi connectivity index (χ1n) is 6.24. The van der Waals surface area contributed by atoms with E-state index in [-0.39, 0.29) is 10.9 Å². The molecule has 0 bridgehead atoms. The summed E-state index contributed by atoms with van der Waals surface area (Å²) in [5.41, 5.74) is 12.1. The molecule has 0 aromatic heterocycles. The Labute approximate surface area is 129 Å². The van der Waals surface area contributed by atoms with E-state index in [9.17, 15) is 8.42 Å². The Balaban J connectivity index is 0.000000220. The van der Waals surface area contributed by atoms with Gasteiger partial charge in [0.2, 0.25) is 5.96 Å². The predicted octanol–water partition coefficient (Wildman–Crippen LogP) is 1.74. The highest BCUT2D eigenvalue weighted by Crippen LogP contribution is 2.08. The molecule has 0 amide bonds. The third kappa shape index (κ3) is 6.73. The number of guanidine groups is 1. The van der Waals surface area contributed by atoms with Crippen LogP contribution in [0.3, 0.4) is 0 Å². The van der Waals surface area contributed by atoms with Crippen molar-refractivity contribution < 1.29 is 13.0 Å². The Hall–Kier alpha value is -2.58. The Bertz CT molecular complexity index is 701. The van der Waals surface area contributed by atoms with Crippen molar-refractivity contribution in [2.45, 2.75) is 11.8 Å². The molecular formula is C14H18N4O3S. The van der Waals surface area contributed by atoms with Gasteiger partial charge in [-0.15, -0.1) is 0 Å². The first kappa shape index (κ1) is 17.5. The molecule has 0 saturated carbocycles. The van der Waals surface area contributed by atoms with Crippen molar-refractivity contribution in [2.24, 2.45) is 5.73 Å². The minimum absolute atomic E-state index is 0.0666. The van der Waals surface area contributed by atoms with Crippen LogP contribution in [-0.2, 0) is 10.1 Å². The van der Waals surface area contributed by atoms with E-state index in [2.05, 4.69) is 10.9 Å².